The minimum Gasteiger partial charge on any atom is -0.495 e. The van der Waals surface area contributed by atoms with Gasteiger partial charge in [0.25, 0.3) is 0 Å². The van der Waals surface area contributed by atoms with E-state index in [1.807, 2.05) is 0 Å². The van der Waals surface area contributed by atoms with Crippen LogP contribution in [0.25, 0.3) is 11.1 Å². The van der Waals surface area contributed by atoms with Crippen molar-refractivity contribution in [1.82, 2.24) is 4.31 Å². The second kappa shape index (κ2) is 12.3. The fourth-order valence-corrected chi connectivity index (χ4v) is 6.67. The highest BCUT2D eigenvalue weighted by molar-refractivity contribution is 7.89. The van der Waals surface area contributed by atoms with E-state index in [2.05, 4.69) is 6.07 Å². The molecular weight excluding hydrogens is 609 g/mol. The maximum absolute atomic E-state index is 14.3. The van der Waals surface area contributed by atoms with Crippen molar-refractivity contribution in [2.24, 2.45) is 0 Å². The summed E-state index contributed by atoms with van der Waals surface area (Å²) in [6, 6.07) is 25.1. The summed E-state index contributed by atoms with van der Waals surface area (Å²) >= 11 is 6.01. The molecule has 4 rings (SSSR count). The average molecular weight is 633 g/mol. The van der Waals surface area contributed by atoms with E-state index < -0.39 is 33.9 Å². The lowest BCUT2D eigenvalue weighted by molar-refractivity contribution is 0.0565. The number of methoxy groups -OCH3 is 1. The molecule has 0 amide bonds. The van der Waals surface area contributed by atoms with Crippen LogP contribution >= 0.6 is 19.2 Å². The molecule has 8 nitrogen and oxygen atoms in total. The molecule has 4 aromatic carbocycles. The van der Waals surface area contributed by atoms with Crippen molar-refractivity contribution < 1.29 is 36.3 Å². The summed E-state index contributed by atoms with van der Waals surface area (Å²) in [6.45, 7) is -0.425. The Labute approximate surface area is 246 Å². The molecule has 0 aliphatic heterocycles. The summed E-state index contributed by atoms with van der Waals surface area (Å²) in [4.78, 5) is 18.1. The molecule has 0 aliphatic rings. The van der Waals surface area contributed by atoms with Crippen LogP contribution in [0, 0.1) is 11.3 Å². The highest BCUT2D eigenvalue weighted by Gasteiger charge is 2.51. The van der Waals surface area contributed by atoms with E-state index in [0.717, 1.165) is 33.6 Å². The lowest BCUT2D eigenvalue weighted by Gasteiger charge is -2.24. The molecule has 2 N–H and O–H groups in total. The molecule has 0 spiro atoms. The van der Waals surface area contributed by atoms with Crippen molar-refractivity contribution in [3.63, 3.8) is 0 Å². The third kappa shape index (κ3) is 6.55. The van der Waals surface area contributed by atoms with Crippen molar-refractivity contribution in [3.8, 4) is 22.9 Å². The Morgan fingerprint density at radius 2 is 1.48 bits per heavy atom. The Hall–Kier alpha value is -3.62. The average Bonchev–Trinajstić information content (AvgIpc) is 2.96. The number of alkyl halides is 2. The minimum atomic E-state index is -5.86. The largest absolute Gasteiger partial charge is 0.495 e. The number of hydrogen-bond donors (Lipinski definition) is 2. The minimum absolute atomic E-state index is 0.105. The van der Waals surface area contributed by atoms with Gasteiger partial charge in [0.1, 0.15) is 10.6 Å². The smallest absolute Gasteiger partial charge is 0.399 e. The molecule has 0 saturated heterocycles. The van der Waals surface area contributed by atoms with Gasteiger partial charge in [0.05, 0.1) is 29.3 Å². The number of nitriles is 1. The first kappa shape index (κ1) is 31.3. The predicted octanol–water partition coefficient (Wildman–Crippen LogP) is 6.51. The maximum atomic E-state index is 14.3. The molecule has 0 saturated carbocycles. The number of sulfonamides is 1. The van der Waals surface area contributed by atoms with Gasteiger partial charge in [-0.2, -0.15) is 18.3 Å². The van der Waals surface area contributed by atoms with Gasteiger partial charge in [-0.25, -0.2) is 8.42 Å². The molecule has 0 aliphatic carbocycles. The highest BCUT2D eigenvalue weighted by Crippen LogP contribution is 2.60. The van der Waals surface area contributed by atoms with Crippen molar-refractivity contribution in [3.05, 3.63) is 118 Å². The monoisotopic (exact) mass is 632 g/mol. The summed E-state index contributed by atoms with van der Waals surface area (Å²) in [6.07, 6.45) is 0. The Morgan fingerprint density at radius 1 is 0.929 bits per heavy atom. The lowest BCUT2D eigenvalue weighted by atomic mass is 10.0. The molecule has 218 valence electrons. The fraction of sp³-hybridized carbons (Fsp3) is 0.138. The van der Waals surface area contributed by atoms with Crippen LogP contribution in [0.5, 0.6) is 5.75 Å². The number of nitrogens with zero attached hydrogens (tertiary/aromatic N) is 2. The molecule has 4 aromatic rings. The van der Waals surface area contributed by atoms with Crippen LogP contribution in [0.4, 0.5) is 8.78 Å². The second-order valence-corrected chi connectivity index (χ2v) is 13.2. The van der Waals surface area contributed by atoms with Crippen LogP contribution in [0.3, 0.4) is 0 Å². The van der Waals surface area contributed by atoms with Crippen molar-refractivity contribution in [2.45, 2.75) is 23.6 Å². The number of hydrogen-bond acceptors (Lipinski definition) is 5. The molecule has 0 atom stereocenters. The van der Waals surface area contributed by atoms with Crippen LogP contribution in [0.2, 0.25) is 5.02 Å². The van der Waals surface area contributed by atoms with Gasteiger partial charge in [0.2, 0.25) is 10.0 Å². The topological polar surface area (TPSA) is 128 Å². The van der Waals surface area contributed by atoms with E-state index in [9.17, 15) is 21.8 Å². The van der Waals surface area contributed by atoms with Gasteiger partial charge in [0, 0.05) is 13.1 Å². The van der Waals surface area contributed by atoms with E-state index in [4.69, 9.17) is 31.4 Å². The number of para-hydroxylation sites is 1. The molecule has 0 fully saturated rings. The van der Waals surface area contributed by atoms with Crippen molar-refractivity contribution >= 4 is 29.2 Å². The Bertz CT molecular complexity index is 1790. The van der Waals surface area contributed by atoms with E-state index in [1.54, 1.807) is 54.6 Å². The van der Waals surface area contributed by atoms with Gasteiger partial charge in [-0.1, -0.05) is 72.3 Å². The first-order valence-corrected chi connectivity index (χ1v) is 15.7. The molecule has 0 aromatic heterocycles. The van der Waals surface area contributed by atoms with Gasteiger partial charge in [-0.15, -0.1) is 0 Å². The highest BCUT2D eigenvalue weighted by atomic mass is 35.5. The van der Waals surface area contributed by atoms with Crippen LogP contribution < -0.4 is 4.74 Å². The third-order valence-corrected chi connectivity index (χ3v) is 9.55. The van der Waals surface area contributed by atoms with Crippen LogP contribution in [-0.2, 0) is 33.3 Å². The first-order chi connectivity index (χ1) is 19.8. The number of benzene rings is 4. The van der Waals surface area contributed by atoms with Crippen LogP contribution in [0.15, 0.2) is 95.9 Å². The molecule has 0 bridgehead atoms. The Morgan fingerprint density at radius 3 is 2.02 bits per heavy atom. The number of ether oxygens (including phenoxy) is 1. The second-order valence-electron chi connectivity index (χ2n) is 9.21. The quantitative estimate of drug-likeness (QED) is 0.191. The van der Waals surface area contributed by atoms with Crippen LogP contribution in [-0.4, -0.2) is 29.6 Å². The first-order valence-electron chi connectivity index (χ1n) is 12.2. The Balaban J connectivity index is 1.70. The van der Waals surface area contributed by atoms with Gasteiger partial charge >= 0.3 is 13.3 Å². The zero-order valence-corrected chi connectivity index (χ0v) is 24.5. The van der Waals surface area contributed by atoms with Gasteiger partial charge in [-0.05, 0) is 52.6 Å². The van der Waals surface area contributed by atoms with Crippen molar-refractivity contribution in [2.75, 3.05) is 7.11 Å². The van der Waals surface area contributed by atoms with Gasteiger partial charge in [0.15, 0.2) is 0 Å². The standard InChI is InChI=1S/C29H24ClF2N2O6PS/c1-40-27-4-2-3-5-28(27)42(38,39)34(19-22-10-15-25(26(30)16-22)29(31,32)41(35,36)37)18-21-8-13-24(14-9-21)23-11-6-20(17-33)7-12-23/h2-16H,18-19H2,1H3,(H2,35,36,37). The van der Waals surface area contributed by atoms with E-state index in [-0.39, 0.29) is 29.3 Å². The van der Waals surface area contributed by atoms with Crippen LogP contribution in [0.1, 0.15) is 22.3 Å². The normalized spacial score (nSPS) is 12.2. The number of rotatable bonds is 10. The van der Waals surface area contributed by atoms with Gasteiger partial charge in [-0.3, -0.25) is 4.57 Å². The summed E-state index contributed by atoms with van der Waals surface area (Å²) in [5.41, 5.74) is -2.55. The van der Waals surface area contributed by atoms with Gasteiger partial charge < -0.3 is 14.5 Å². The molecule has 13 heteroatoms. The zero-order chi connectivity index (χ0) is 30.7. The van der Waals surface area contributed by atoms with E-state index >= 15 is 0 Å². The molecule has 0 unspecified atom stereocenters. The predicted molar refractivity (Wildman–Crippen MR) is 153 cm³/mol. The molecule has 0 radical (unpaired) electrons. The zero-order valence-electron chi connectivity index (χ0n) is 22.0. The molecular formula is C29H24ClF2N2O6PS. The van der Waals surface area contributed by atoms with E-state index in [1.165, 1.54) is 25.3 Å². The summed E-state index contributed by atoms with van der Waals surface area (Å²) in [5.74, 6) is 0.105. The van der Waals surface area contributed by atoms with Crippen molar-refractivity contribution in [1.29, 1.82) is 5.26 Å². The van der Waals surface area contributed by atoms with E-state index in [0.29, 0.717) is 11.1 Å². The molecule has 42 heavy (non-hydrogen) atoms. The maximum Gasteiger partial charge on any atom is 0.399 e. The summed E-state index contributed by atoms with van der Waals surface area (Å²) in [5, 5.41) is 8.40. The summed E-state index contributed by atoms with van der Waals surface area (Å²) in [7, 11) is -8.75. The lowest BCUT2D eigenvalue weighted by Crippen LogP contribution is -2.30. The molecule has 0 heterocycles. The third-order valence-electron chi connectivity index (χ3n) is 6.43. The summed E-state index contributed by atoms with van der Waals surface area (Å²) < 4.78 is 74.1. The Kier molecular flexibility index (Phi) is 9.18. The number of halogens is 3. The fourth-order valence-electron chi connectivity index (χ4n) is 4.20. The SMILES string of the molecule is COc1ccccc1S(=O)(=O)N(Cc1ccc(-c2ccc(C#N)cc2)cc1)Cc1ccc(C(F)(F)P(=O)(O)O)c(Cl)c1.